The van der Waals surface area contributed by atoms with Gasteiger partial charge in [0.25, 0.3) is 0 Å². The summed E-state index contributed by atoms with van der Waals surface area (Å²) in [5.74, 6) is 1.06. The highest BCUT2D eigenvalue weighted by atomic mass is 16.5. The average molecular weight is 725 g/mol. The van der Waals surface area contributed by atoms with Crippen molar-refractivity contribution < 1.29 is 28.5 Å². The van der Waals surface area contributed by atoms with E-state index in [0.717, 1.165) is 104 Å². The van der Waals surface area contributed by atoms with Crippen LogP contribution in [-0.2, 0) is 19.1 Å². The number of aromatic amines is 4. The van der Waals surface area contributed by atoms with Gasteiger partial charge in [0, 0.05) is 69.2 Å². The molecule has 1 aliphatic heterocycles. The lowest BCUT2D eigenvalue weighted by Crippen LogP contribution is -2.15. The minimum absolute atomic E-state index is 0.259. The number of rotatable bonds is 14. The van der Waals surface area contributed by atoms with E-state index in [2.05, 4.69) is 105 Å². The van der Waals surface area contributed by atoms with Gasteiger partial charge in [0.05, 0.1) is 26.4 Å². The first kappa shape index (κ1) is 36.0. The average Bonchev–Trinajstić information content (AvgIpc) is 4.00. The highest BCUT2D eigenvalue weighted by Crippen LogP contribution is 2.25. The number of carbonyl (C=O) groups is 2. The van der Waals surface area contributed by atoms with Gasteiger partial charge in [-0.2, -0.15) is 0 Å². The summed E-state index contributed by atoms with van der Waals surface area (Å²) in [5.41, 5.74) is 8.06. The van der Waals surface area contributed by atoms with Crippen LogP contribution < -0.4 is 30.9 Å². The molecule has 276 valence electrons. The number of fused-ring (bicyclic) bond motifs is 8. The van der Waals surface area contributed by atoms with Crippen molar-refractivity contribution in [1.82, 2.24) is 19.9 Å². The Hall–Kier alpha value is -6.42. The van der Waals surface area contributed by atoms with Crippen LogP contribution in [0.25, 0.3) is 23.3 Å². The molecule has 4 aromatic heterocycles. The smallest absolute Gasteiger partial charge is 0.302 e. The first-order chi connectivity index (χ1) is 26.4. The van der Waals surface area contributed by atoms with Gasteiger partial charge in [-0.1, -0.05) is 24.3 Å². The summed E-state index contributed by atoms with van der Waals surface area (Å²) in [4.78, 5) is 36.5. The highest BCUT2D eigenvalue weighted by molar-refractivity contribution is 5.79. The van der Waals surface area contributed by atoms with Crippen LogP contribution in [0.5, 0.6) is 11.5 Å². The lowest BCUT2D eigenvalue weighted by Gasteiger charge is -2.10. The molecule has 4 N–H and O–H groups in total. The maximum Gasteiger partial charge on any atom is 0.302 e. The van der Waals surface area contributed by atoms with E-state index in [4.69, 9.17) is 18.9 Å². The van der Waals surface area contributed by atoms with Crippen LogP contribution in [0.2, 0.25) is 0 Å². The standard InChI is InChI=1S/C44H44N4O6/c1-29(49)51-23-3-5-25-53-37-15-7-31(8-16-37)43-39-19-11-33(45-39)27-35-13-21-41(47-35)44(42-22-14-36(48-42)28-34-12-20-40(43)46-34)32-9-17-38(18-10-32)54-26-6-4-24-52-30(2)50/h7-22,27-28,45-48H,3-6,23-26H2,1-2H3. The van der Waals surface area contributed by atoms with Gasteiger partial charge >= 0.3 is 11.9 Å². The molecule has 10 heteroatoms. The number of ether oxygens (including phenoxy) is 4. The van der Waals surface area contributed by atoms with Crippen molar-refractivity contribution in [3.8, 4) is 11.5 Å². The summed E-state index contributed by atoms with van der Waals surface area (Å²) in [5, 5.41) is 3.89. The third-order valence-electron chi connectivity index (χ3n) is 9.05. The lowest BCUT2D eigenvalue weighted by molar-refractivity contribution is -0.142. The number of aromatic nitrogens is 4. The fourth-order valence-electron chi connectivity index (χ4n) is 6.47. The number of nitrogens with one attached hydrogen (secondary N) is 4. The minimum Gasteiger partial charge on any atom is -0.494 e. The molecule has 54 heavy (non-hydrogen) atoms. The molecule has 0 saturated carbocycles. The zero-order chi connectivity index (χ0) is 37.3. The van der Waals surface area contributed by atoms with E-state index in [1.54, 1.807) is 0 Å². The van der Waals surface area contributed by atoms with Crippen molar-refractivity contribution in [1.29, 1.82) is 0 Å². The fraction of sp³-hybridized carbons (Fsp3) is 0.227. The molecule has 1 aliphatic rings. The number of H-pyrrole nitrogens is 4. The third-order valence-corrected chi connectivity index (χ3v) is 9.05. The molecule has 0 saturated heterocycles. The number of benzene rings is 2. The molecule has 7 rings (SSSR count). The van der Waals surface area contributed by atoms with Crippen molar-refractivity contribution in [2.24, 2.45) is 0 Å². The van der Waals surface area contributed by atoms with Gasteiger partial charge in [-0.25, -0.2) is 0 Å². The molecule has 0 amide bonds. The molecular weight excluding hydrogens is 681 g/mol. The van der Waals surface area contributed by atoms with Crippen molar-refractivity contribution >= 4 is 35.2 Å². The first-order valence-electron chi connectivity index (χ1n) is 18.3. The van der Waals surface area contributed by atoms with E-state index < -0.39 is 0 Å². The third kappa shape index (κ3) is 9.14. The molecule has 10 nitrogen and oxygen atoms in total. The first-order valence-corrected chi connectivity index (χ1v) is 18.3. The molecule has 8 bridgehead atoms. The molecule has 0 spiro atoms. The second kappa shape index (κ2) is 16.9. The summed E-state index contributed by atoms with van der Waals surface area (Å²) in [7, 11) is 0. The normalized spacial score (nSPS) is 12.1. The molecule has 0 atom stereocenters. The van der Waals surface area contributed by atoms with Crippen molar-refractivity contribution in [3.05, 3.63) is 152 Å². The molecule has 0 unspecified atom stereocenters. The van der Waals surface area contributed by atoms with Crippen LogP contribution in [-0.4, -0.2) is 58.3 Å². The van der Waals surface area contributed by atoms with E-state index in [-0.39, 0.29) is 11.9 Å². The molecule has 6 aromatic rings. The van der Waals surface area contributed by atoms with Crippen molar-refractivity contribution in [3.63, 3.8) is 0 Å². The summed E-state index contributed by atoms with van der Waals surface area (Å²) in [6.45, 7) is 4.75. The molecule has 0 radical (unpaired) electrons. The molecule has 5 heterocycles. The molecular formula is C44H44N4O6. The zero-order valence-corrected chi connectivity index (χ0v) is 30.5. The van der Waals surface area contributed by atoms with Crippen LogP contribution in [0, 0.1) is 0 Å². The van der Waals surface area contributed by atoms with Gasteiger partial charge in [-0.05, 0) is 122 Å². The number of hydrogen-bond acceptors (Lipinski definition) is 6. The van der Waals surface area contributed by atoms with Crippen molar-refractivity contribution in [2.45, 2.75) is 39.5 Å². The minimum atomic E-state index is -0.259. The van der Waals surface area contributed by atoms with E-state index in [0.29, 0.717) is 26.4 Å². The second-order valence-electron chi connectivity index (χ2n) is 13.2. The molecule has 0 aliphatic carbocycles. The zero-order valence-electron chi connectivity index (χ0n) is 30.5. The van der Waals surface area contributed by atoms with Gasteiger partial charge in [0.15, 0.2) is 0 Å². The largest absolute Gasteiger partial charge is 0.494 e. The Morgan fingerprint density at radius 1 is 0.463 bits per heavy atom. The van der Waals surface area contributed by atoms with Crippen LogP contribution in [0.1, 0.15) is 73.4 Å². The quantitative estimate of drug-likeness (QED) is 0.0931. The van der Waals surface area contributed by atoms with Gasteiger partial charge in [-0.15, -0.1) is 0 Å². The van der Waals surface area contributed by atoms with Gasteiger partial charge in [0.2, 0.25) is 0 Å². The summed E-state index contributed by atoms with van der Waals surface area (Å²) in [6.07, 6.45) is 7.33. The Bertz CT molecular complexity index is 2290. The van der Waals surface area contributed by atoms with E-state index in [1.165, 1.54) is 13.8 Å². The number of hydrogen-bond donors (Lipinski definition) is 4. The molecule has 2 aromatic carbocycles. The van der Waals surface area contributed by atoms with Crippen molar-refractivity contribution in [2.75, 3.05) is 26.4 Å². The number of carbonyl (C=O) groups excluding carboxylic acids is 2. The predicted octanol–water partition coefficient (Wildman–Crippen LogP) is 4.91. The predicted molar refractivity (Wildman–Crippen MR) is 208 cm³/mol. The van der Waals surface area contributed by atoms with Gasteiger partial charge in [-0.3, -0.25) is 9.59 Å². The Morgan fingerprint density at radius 2 is 0.870 bits per heavy atom. The Morgan fingerprint density at radius 3 is 1.28 bits per heavy atom. The van der Waals surface area contributed by atoms with E-state index in [1.807, 2.05) is 24.3 Å². The lowest BCUT2D eigenvalue weighted by atomic mass is 10.0. The summed E-state index contributed by atoms with van der Waals surface area (Å²) >= 11 is 0. The summed E-state index contributed by atoms with van der Waals surface area (Å²) < 4.78 is 22.0. The number of esters is 2. The second-order valence-corrected chi connectivity index (χ2v) is 13.2. The molecule has 0 fully saturated rings. The van der Waals surface area contributed by atoms with E-state index >= 15 is 0 Å². The van der Waals surface area contributed by atoms with Gasteiger partial charge in [0.1, 0.15) is 11.5 Å². The monoisotopic (exact) mass is 724 g/mol. The number of unbranched alkanes of at least 4 members (excludes halogenated alkanes) is 2. The summed E-state index contributed by atoms with van der Waals surface area (Å²) in [6, 6.07) is 33.1. The maximum atomic E-state index is 11.0. The van der Waals surface area contributed by atoms with Crippen LogP contribution in [0.15, 0.2) is 97.1 Å². The maximum absolute atomic E-state index is 11.0. The topological polar surface area (TPSA) is 134 Å². The SMILES string of the molecule is CC(=O)OCCCCOc1ccc(C2=c3ccc([nH]3)=Cc3ccc([nH]3)C(c3ccc(OCCCCOC(C)=O)cc3)=c3ccc([nH]3)=Cc3ccc2[nH]3)cc1. The Kier molecular flexibility index (Phi) is 11.3. The van der Waals surface area contributed by atoms with Crippen LogP contribution in [0.4, 0.5) is 0 Å². The van der Waals surface area contributed by atoms with Gasteiger partial charge < -0.3 is 38.9 Å². The fourth-order valence-corrected chi connectivity index (χ4v) is 6.47. The van der Waals surface area contributed by atoms with E-state index in [9.17, 15) is 9.59 Å². The van der Waals surface area contributed by atoms with Crippen LogP contribution >= 0.6 is 0 Å². The van der Waals surface area contributed by atoms with Crippen LogP contribution in [0.3, 0.4) is 0 Å². The Balaban J connectivity index is 1.17. The Labute approximate surface area is 312 Å². The highest BCUT2D eigenvalue weighted by Gasteiger charge is 2.13.